The Morgan fingerprint density at radius 1 is 1.39 bits per heavy atom. The van der Waals surface area contributed by atoms with Crippen molar-refractivity contribution in [3.63, 3.8) is 0 Å². The average molecular weight is 414 g/mol. The SMILES string of the molecule is CNC(c1cc(Cl)c(Br)s1)c1cccc(F)c1Br. The zero-order valence-corrected chi connectivity index (χ0v) is 14.1. The third kappa shape index (κ3) is 2.80. The minimum absolute atomic E-state index is 0.0936. The van der Waals surface area contributed by atoms with Gasteiger partial charge in [0, 0.05) is 4.88 Å². The Morgan fingerprint density at radius 3 is 2.67 bits per heavy atom. The second-order valence-corrected chi connectivity index (χ2v) is 7.24. The van der Waals surface area contributed by atoms with Crippen LogP contribution in [0.25, 0.3) is 0 Å². The van der Waals surface area contributed by atoms with Crippen LogP contribution in [0.15, 0.2) is 32.5 Å². The molecule has 2 rings (SSSR count). The van der Waals surface area contributed by atoms with Crippen molar-refractivity contribution in [2.75, 3.05) is 7.05 Å². The summed E-state index contributed by atoms with van der Waals surface area (Å²) in [5.41, 5.74) is 0.850. The molecule has 0 saturated carbocycles. The number of halogens is 4. The first-order chi connectivity index (χ1) is 8.54. The van der Waals surface area contributed by atoms with E-state index in [1.165, 1.54) is 17.4 Å². The molecule has 1 heterocycles. The summed E-state index contributed by atoms with van der Waals surface area (Å²) in [5.74, 6) is -0.269. The van der Waals surface area contributed by atoms with Crippen LogP contribution in [-0.2, 0) is 0 Å². The van der Waals surface area contributed by atoms with Gasteiger partial charge in [-0.3, -0.25) is 0 Å². The fourth-order valence-electron chi connectivity index (χ4n) is 1.70. The summed E-state index contributed by atoms with van der Waals surface area (Å²) in [6.07, 6.45) is 0. The minimum Gasteiger partial charge on any atom is -0.309 e. The maximum absolute atomic E-state index is 13.6. The van der Waals surface area contributed by atoms with Crippen LogP contribution in [0, 0.1) is 5.82 Å². The molecule has 6 heteroatoms. The number of hydrogen-bond acceptors (Lipinski definition) is 2. The van der Waals surface area contributed by atoms with E-state index in [1.807, 2.05) is 19.2 Å². The fraction of sp³-hybridized carbons (Fsp3) is 0.167. The average Bonchev–Trinajstić information content (AvgIpc) is 2.66. The lowest BCUT2D eigenvalue weighted by atomic mass is 10.1. The van der Waals surface area contributed by atoms with Crippen LogP contribution in [-0.4, -0.2) is 7.05 Å². The van der Waals surface area contributed by atoms with Crippen LogP contribution >= 0.6 is 54.8 Å². The predicted molar refractivity (Wildman–Crippen MR) is 82.0 cm³/mol. The van der Waals surface area contributed by atoms with E-state index in [2.05, 4.69) is 37.2 Å². The highest BCUT2D eigenvalue weighted by Gasteiger charge is 2.20. The van der Waals surface area contributed by atoms with E-state index < -0.39 is 0 Å². The maximum Gasteiger partial charge on any atom is 0.137 e. The van der Waals surface area contributed by atoms with Crippen LogP contribution in [0.5, 0.6) is 0 Å². The van der Waals surface area contributed by atoms with Gasteiger partial charge in [0.25, 0.3) is 0 Å². The lowest BCUT2D eigenvalue weighted by Crippen LogP contribution is -2.17. The van der Waals surface area contributed by atoms with Gasteiger partial charge in [0.05, 0.1) is 19.3 Å². The predicted octanol–water partition coefficient (Wildman–Crippen LogP) is 5.37. The van der Waals surface area contributed by atoms with Crippen LogP contribution in [0.2, 0.25) is 5.02 Å². The Kier molecular flexibility index (Phi) is 4.83. The number of hydrogen-bond donors (Lipinski definition) is 1. The highest BCUT2D eigenvalue weighted by atomic mass is 79.9. The van der Waals surface area contributed by atoms with Gasteiger partial charge in [-0.15, -0.1) is 11.3 Å². The molecule has 0 aliphatic rings. The third-order valence-corrected chi connectivity index (χ3v) is 5.91. The number of rotatable bonds is 3. The molecule has 96 valence electrons. The van der Waals surface area contributed by atoms with Gasteiger partial charge in [-0.25, -0.2) is 4.39 Å². The number of nitrogens with one attached hydrogen (secondary N) is 1. The molecule has 0 spiro atoms. The van der Waals surface area contributed by atoms with Crippen LogP contribution in [0.3, 0.4) is 0 Å². The first-order valence-electron chi connectivity index (χ1n) is 5.10. The monoisotopic (exact) mass is 411 g/mol. The van der Waals surface area contributed by atoms with Gasteiger partial charge in [0.1, 0.15) is 5.82 Å². The van der Waals surface area contributed by atoms with Crippen LogP contribution < -0.4 is 5.32 Å². The molecular formula is C12H9Br2ClFNS. The summed E-state index contributed by atoms with van der Waals surface area (Å²) in [6, 6.07) is 6.80. The van der Waals surface area contributed by atoms with Crippen molar-refractivity contribution >= 4 is 54.8 Å². The van der Waals surface area contributed by atoms with E-state index in [-0.39, 0.29) is 11.9 Å². The molecule has 0 amide bonds. The van der Waals surface area contributed by atoms with Crippen molar-refractivity contribution in [3.05, 3.63) is 53.8 Å². The zero-order chi connectivity index (χ0) is 13.3. The molecule has 2 aromatic rings. The van der Waals surface area contributed by atoms with E-state index >= 15 is 0 Å². The molecule has 0 aliphatic heterocycles. The summed E-state index contributed by atoms with van der Waals surface area (Å²) >= 11 is 14.3. The van der Waals surface area contributed by atoms with Crippen molar-refractivity contribution in [1.82, 2.24) is 5.32 Å². The molecule has 1 atom stereocenters. The maximum atomic E-state index is 13.6. The van der Waals surface area contributed by atoms with Gasteiger partial charge in [0.2, 0.25) is 0 Å². The standard InChI is InChI=1S/C12H9Br2ClFNS/c1-17-11(9-5-7(15)12(14)18-9)6-3-2-4-8(16)10(6)13/h2-5,11,17H,1H3. The smallest absolute Gasteiger partial charge is 0.137 e. The van der Waals surface area contributed by atoms with Crippen molar-refractivity contribution < 1.29 is 4.39 Å². The van der Waals surface area contributed by atoms with Crippen molar-refractivity contribution in [2.24, 2.45) is 0 Å². The van der Waals surface area contributed by atoms with Crippen LogP contribution in [0.1, 0.15) is 16.5 Å². The molecular weight excluding hydrogens is 404 g/mol. The molecule has 0 radical (unpaired) electrons. The van der Waals surface area contributed by atoms with Gasteiger partial charge in [-0.05, 0) is 56.6 Å². The summed E-state index contributed by atoms with van der Waals surface area (Å²) in [4.78, 5) is 1.03. The highest BCUT2D eigenvalue weighted by Crippen LogP contribution is 2.39. The topological polar surface area (TPSA) is 12.0 Å². The molecule has 1 aromatic heterocycles. The quantitative estimate of drug-likeness (QED) is 0.713. The Balaban J connectivity index is 2.48. The Morgan fingerprint density at radius 2 is 2.11 bits per heavy atom. The normalized spacial score (nSPS) is 12.7. The van der Waals surface area contributed by atoms with E-state index in [0.717, 1.165) is 14.2 Å². The second kappa shape index (κ2) is 6.01. The Labute approximate surface area is 131 Å². The molecule has 1 unspecified atom stereocenters. The molecule has 1 nitrogen and oxygen atoms in total. The van der Waals surface area contributed by atoms with Gasteiger partial charge in [0.15, 0.2) is 0 Å². The first kappa shape index (κ1) is 14.5. The Bertz CT molecular complexity index is 554. The van der Waals surface area contributed by atoms with Gasteiger partial charge in [-0.1, -0.05) is 23.7 Å². The van der Waals surface area contributed by atoms with E-state index in [9.17, 15) is 4.39 Å². The summed E-state index contributed by atoms with van der Waals surface area (Å²) in [5, 5.41) is 3.85. The number of thiophene rings is 1. The Hall–Kier alpha value is 0.0600. The lowest BCUT2D eigenvalue weighted by Gasteiger charge is -2.16. The van der Waals surface area contributed by atoms with Gasteiger partial charge < -0.3 is 5.32 Å². The molecule has 0 fully saturated rings. The molecule has 0 bridgehead atoms. The second-order valence-electron chi connectivity index (χ2n) is 3.64. The van der Waals surface area contributed by atoms with E-state index in [1.54, 1.807) is 6.07 Å². The van der Waals surface area contributed by atoms with Crippen molar-refractivity contribution in [2.45, 2.75) is 6.04 Å². The molecule has 1 aromatic carbocycles. The summed E-state index contributed by atoms with van der Waals surface area (Å²) < 4.78 is 14.9. The van der Waals surface area contributed by atoms with Gasteiger partial charge in [-0.2, -0.15) is 0 Å². The zero-order valence-electron chi connectivity index (χ0n) is 9.31. The molecule has 0 aliphatic carbocycles. The van der Waals surface area contributed by atoms with Gasteiger partial charge >= 0.3 is 0 Å². The fourth-order valence-corrected chi connectivity index (χ4v) is 4.07. The lowest BCUT2D eigenvalue weighted by molar-refractivity contribution is 0.609. The summed E-state index contributed by atoms with van der Waals surface area (Å²) in [6.45, 7) is 0. The molecule has 0 saturated heterocycles. The first-order valence-corrected chi connectivity index (χ1v) is 7.88. The highest BCUT2D eigenvalue weighted by molar-refractivity contribution is 9.11. The van der Waals surface area contributed by atoms with Crippen molar-refractivity contribution in [3.8, 4) is 0 Å². The minimum atomic E-state index is -0.269. The number of benzene rings is 1. The molecule has 1 N–H and O–H groups in total. The summed E-state index contributed by atoms with van der Waals surface area (Å²) in [7, 11) is 1.84. The third-order valence-electron chi connectivity index (χ3n) is 2.53. The van der Waals surface area contributed by atoms with E-state index in [0.29, 0.717) is 9.50 Å². The van der Waals surface area contributed by atoms with Crippen LogP contribution in [0.4, 0.5) is 4.39 Å². The van der Waals surface area contributed by atoms with Crippen molar-refractivity contribution in [1.29, 1.82) is 0 Å². The molecule has 18 heavy (non-hydrogen) atoms. The largest absolute Gasteiger partial charge is 0.309 e. The van der Waals surface area contributed by atoms with E-state index in [4.69, 9.17) is 11.6 Å².